The second kappa shape index (κ2) is 3.61. The lowest BCUT2D eigenvalue weighted by Crippen LogP contribution is -2.07. The standard InChI is InChI=1S/C15H16O3/c1-7-5-11-6-12-8(2)9(3)15(16)18-14(12)10(4)13(11)17-7/h6-7H,5H2,1-4H3/t7-/m1/s1. The van der Waals surface area contributed by atoms with Crippen LogP contribution < -0.4 is 10.4 Å². The molecule has 3 rings (SSSR count). The molecule has 0 bridgehead atoms. The number of aryl methyl sites for hydroxylation is 2. The van der Waals surface area contributed by atoms with E-state index < -0.39 is 0 Å². The Morgan fingerprint density at radius 2 is 1.89 bits per heavy atom. The minimum atomic E-state index is -0.255. The average molecular weight is 244 g/mol. The minimum Gasteiger partial charge on any atom is -0.490 e. The summed E-state index contributed by atoms with van der Waals surface area (Å²) < 4.78 is 11.2. The fourth-order valence-corrected chi connectivity index (χ4v) is 2.65. The van der Waals surface area contributed by atoms with Crippen LogP contribution in [0.2, 0.25) is 0 Å². The van der Waals surface area contributed by atoms with E-state index in [1.807, 2.05) is 20.8 Å². The lowest BCUT2D eigenvalue weighted by molar-refractivity contribution is 0.253. The maximum absolute atomic E-state index is 11.8. The first-order chi connectivity index (χ1) is 8.49. The molecule has 0 saturated heterocycles. The van der Waals surface area contributed by atoms with Crippen molar-refractivity contribution in [1.29, 1.82) is 0 Å². The van der Waals surface area contributed by atoms with Crippen molar-refractivity contribution >= 4 is 11.0 Å². The molecule has 2 aromatic rings. The molecule has 2 heterocycles. The molecule has 0 radical (unpaired) electrons. The summed E-state index contributed by atoms with van der Waals surface area (Å²) in [6, 6.07) is 2.10. The Morgan fingerprint density at radius 3 is 2.61 bits per heavy atom. The molecule has 0 amide bonds. The molecule has 1 aliphatic heterocycles. The van der Waals surface area contributed by atoms with Gasteiger partial charge in [-0.2, -0.15) is 0 Å². The molecule has 94 valence electrons. The maximum Gasteiger partial charge on any atom is 0.339 e. The van der Waals surface area contributed by atoms with Crippen molar-refractivity contribution < 1.29 is 9.15 Å². The lowest BCUT2D eigenvalue weighted by atomic mass is 9.99. The van der Waals surface area contributed by atoms with E-state index in [4.69, 9.17) is 9.15 Å². The molecule has 0 N–H and O–H groups in total. The van der Waals surface area contributed by atoms with Crippen LogP contribution in [-0.4, -0.2) is 6.10 Å². The third-order valence-corrected chi connectivity index (χ3v) is 3.83. The van der Waals surface area contributed by atoms with Gasteiger partial charge in [-0.05, 0) is 44.9 Å². The van der Waals surface area contributed by atoms with Crippen molar-refractivity contribution in [3.63, 3.8) is 0 Å². The highest BCUT2D eigenvalue weighted by atomic mass is 16.5. The van der Waals surface area contributed by atoms with Crippen molar-refractivity contribution in [3.05, 3.63) is 38.7 Å². The van der Waals surface area contributed by atoms with Gasteiger partial charge in [0.25, 0.3) is 0 Å². The lowest BCUT2D eigenvalue weighted by Gasteiger charge is -2.10. The fraction of sp³-hybridized carbons (Fsp3) is 0.400. The smallest absolute Gasteiger partial charge is 0.339 e. The summed E-state index contributed by atoms with van der Waals surface area (Å²) in [5.74, 6) is 0.890. The van der Waals surface area contributed by atoms with Gasteiger partial charge in [-0.1, -0.05) is 0 Å². The third-order valence-electron chi connectivity index (χ3n) is 3.83. The maximum atomic E-state index is 11.8. The van der Waals surface area contributed by atoms with Gasteiger partial charge in [0.1, 0.15) is 17.4 Å². The molecule has 1 aliphatic rings. The molecule has 0 saturated carbocycles. The first-order valence-corrected chi connectivity index (χ1v) is 6.22. The Balaban J connectivity index is 2.45. The zero-order chi connectivity index (χ0) is 13.0. The molecule has 0 unspecified atom stereocenters. The monoisotopic (exact) mass is 244 g/mol. The summed E-state index contributed by atoms with van der Waals surface area (Å²) in [6.45, 7) is 7.79. The summed E-state index contributed by atoms with van der Waals surface area (Å²) in [5, 5.41) is 1.03. The Labute approximate surface area is 105 Å². The van der Waals surface area contributed by atoms with Gasteiger partial charge in [-0.3, -0.25) is 0 Å². The zero-order valence-corrected chi connectivity index (χ0v) is 11.1. The van der Waals surface area contributed by atoms with E-state index in [2.05, 4.69) is 13.0 Å². The number of hydrogen-bond acceptors (Lipinski definition) is 3. The molecule has 1 aromatic carbocycles. The molecule has 1 aromatic heterocycles. The van der Waals surface area contributed by atoms with Crippen LogP contribution in [0.15, 0.2) is 15.3 Å². The highest BCUT2D eigenvalue weighted by molar-refractivity contribution is 5.87. The zero-order valence-electron chi connectivity index (χ0n) is 11.1. The quantitative estimate of drug-likeness (QED) is 0.669. The average Bonchev–Trinajstić information content (AvgIpc) is 2.70. The minimum absolute atomic E-state index is 0.198. The Bertz CT molecular complexity index is 710. The topological polar surface area (TPSA) is 39.4 Å². The molecular weight excluding hydrogens is 228 g/mol. The highest BCUT2D eigenvalue weighted by Gasteiger charge is 2.24. The van der Waals surface area contributed by atoms with Crippen molar-refractivity contribution in [1.82, 2.24) is 0 Å². The van der Waals surface area contributed by atoms with E-state index in [0.717, 1.165) is 28.7 Å². The van der Waals surface area contributed by atoms with Gasteiger partial charge in [0.15, 0.2) is 0 Å². The Hall–Kier alpha value is -1.77. The molecule has 18 heavy (non-hydrogen) atoms. The van der Waals surface area contributed by atoms with Crippen LogP contribution in [0.3, 0.4) is 0 Å². The number of benzene rings is 1. The molecular formula is C15H16O3. The van der Waals surface area contributed by atoms with Crippen LogP contribution in [0, 0.1) is 20.8 Å². The molecule has 0 fully saturated rings. The summed E-state index contributed by atoms with van der Waals surface area (Å²) in [6.07, 6.45) is 1.12. The first kappa shape index (κ1) is 11.3. The second-order valence-electron chi connectivity index (χ2n) is 5.14. The number of rotatable bonds is 0. The molecule has 0 spiro atoms. The van der Waals surface area contributed by atoms with Crippen LogP contribution in [-0.2, 0) is 6.42 Å². The van der Waals surface area contributed by atoms with Gasteiger partial charge >= 0.3 is 5.63 Å². The number of ether oxygens (including phenoxy) is 1. The van der Waals surface area contributed by atoms with Crippen molar-refractivity contribution in [2.45, 2.75) is 40.2 Å². The Kier molecular flexibility index (Phi) is 2.27. The molecule has 1 atom stereocenters. The van der Waals surface area contributed by atoms with Crippen LogP contribution >= 0.6 is 0 Å². The highest BCUT2D eigenvalue weighted by Crippen LogP contribution is 2.38. The van der Waals surface area contributed by atoms with Gasteiger partial charge in [0, 0.05) is 22.9 Å². The van der Waals surface area contributed by atoms with Crippen molar-refractivity contribution in [2.75, 3.05) is 0 Å². The van der Waals surface area contributed by atoms with Gasteiger partial charge in [-0.15, -0.1) is 0 Å². The van der Waals surface area contributed by atoms with E-state index in [-0.39, 0.29) is 11.7 Å². The predicted molar refractivity (Wildman–Crippen MR) is 70.5 cm³/mol. The van der Waals surface area contributed by atoms with E-state index >= 15 is 0 Å². The number of hydrogen-bond donors (Lipinski definition) is 0. The summed E-state index contributed by atoms with van der Waals surface area (Å²) >= 11 is 0. The SMILES string of the molecule is Cc1c(C)c2cc3c(c(C)c2oc1=O)O[C@H](C)C3. The number of fused-ring (bicyclic) bond motifs is 2. The summed E-state index contributed by atoms with van der Waals surface area (Å²) in [4.78, 5) is 11.8. The summed E-state index contributed by atoms with van der Waals surface area (Å²) in [5.41, 5.74) is 4.25. The predicted octanol–water partition coefficient (Wildman–Crippen LogP) is 3.04. The van der Waals surface area contributed by atoms with Crippen LogP contribution in [0.25, 0.3) is 11.0 Å². The van der Waals surface area contributed by atoms with Gasteiger partial charge in [0.05, 0.1) is 0 Å². The third kappa shape index (κ3) is 1.40. The van der Waals surface area contributed by atoms with Crippen LogP contribution in [0.4, 0.5) is 0 Å². The fourth-order valence-electron chi connectivity index (χ4n) is 2.65. The first-order valence-electron chi connectivity index (χ1n) is 6.22. The largest absolute Gasteiger partial charge is 0.490 e. The van der Waals surface area contributed by atoms with Crippen molar-refractivity contribution in [3.8, 4) is 5.75 Å². The molecule has 3 heteroatoms. The van der Waals surface area contributed by atoms with Crippen LogP contribution in [0.5, 0.6) is 5.75 Å². The molecule has 0 aliphatic carbocycles. The van der Waals surface area contributed by atoms with E-state index in [9.17, 15) is 4.79 Å². The van der Waals surface area contributed by atoms with Gasteiger partial charge in [0.2, 0.25) is 0 Å². The molecule has 3 nitrogen and oxygen atoms in total. The van der Waals surface area contributed by atoms with E-state index in [1.54, 1.807) is 0 Å². The summed E-state index contributed by atoms with van der Waals surface area (Å²) in [7, 11) is 0. The van der Waals surface area contributed by atoms with E-state index in [0.29, 0.717) is 11.1 Å². The van der Waals surface area contributed by atoms with E-state index in [1.165, 1.54) is 5.56 Å². The Morgan fingerprint density at radius 1 is 1.17 bits per heavy atom. The van der Waals surface area contributed by atoms with Gasteiger partial charge < -0.3 is 9.15 Å². The normalized spacial score (nSPS) is 17.9. The van der Waals surface area contributed by atoms with Crippen LogP contribution in [0.1, 0.15) is 29.2 Å². The second-order valence-corrected chi connectivity index (χ2v) is 5.14. The van der Waals surface area contributed by atoms with Gasteiger partial charge in [-0.25, -0.2) is 4.79 Å². The van der Waals surface area contributed by atoms with Crippen molar-refractivity contribution in [2.24, 2.45) is 0 Å².